The van der Waals surface area contributed by atoms with E-state index in [1.54, 1.807) is 4.68 Å². The number of aromatic nitrogens is 4. The molecule has 1 heterocycles. The second-order valence-electron chi connectivity index (χ2n) is 6.31. The lowest BCUT2D eigenvalue weighted by Crippen LogP contribution is -2.31. The summed E-state index contributed by atoms with van der Waals surface area (Å²) in [6, 6.07) is 5.98. The number of ether oxygens (including phenoxy) is 1. The highest BCUT2D eigenvalue weighted by atomic mass is 32.2. The van der Waals surface area contributed by atoms with Crippen molar-refractivity contribution in [2.75, 3.05) is 18.9 Å². The smallest absolute Gasteiger partial charge is 0.316 e. The number of tetrazole rings is 1. The molecule has 0 radical (unpaired) electrons. The first-order valence-electron chi connectivity index (χ1n) is 8.28. The van der Waals surface area contributed by atoms with Crippen molar-refractivity contribution in [2.45, 2.75) is 32.9 Å². The first kappa shape index (κ1) is 19.9. The van der Waals surface area contributed by atoms with Crippen molar-refractivity contribution in [1.29, 1.82) is 0 Å². The molecule has 0 saturated carbocycles. The molecule has 0 fully saturated rings. The topological polar surface area (TPSA) is 99.0 Å². The van der Waals surface area contributed by atoms with E-state index in [-0.39, 0.29) is 18.3 Å². The molecule has 0 saturated heterocycles. The molecule has 2 aromatic rings. The van der Waals surface area contributed by atoms with Crippen LogP contribution in [0.15, 0.2) is 23.4 Å². The average Bonchev–Trinajstić information content (AvgIpc) is 3.06. The molecule has 2 rings (SSSR count). The summed E-state index contributed by atoms with van der Waals surface area (Å²) in [5.74, 6) is -0.445. The molecule has 26 heavy (non-hydrogen) atoms. The molecule has 1 aromatic carbocycles. The lowest BCUT2D eigenvalue weighted by atomic mass is 10.1. The SMILES string of the molecule is Cc1ccc(C)c(-n2nnnc2SCC(=O)OCC(=O)NCC(C)C)c1. The minimum Gasteiger partial charge on any atom is -0.455 e. The van der Waals surface area contributed by atoms with Gasteiger partial charge in [-0.3, -0.25) is 9.59 Å². The highest BCUT2D eigenvalue weighted by molar-refractivity contribution is 7.99. The summed E-state index contributed by atoms with van der Waals surface area (Å²) in [5.41, 5.74) is 2.97. The first-order valence-corrected chi connectivity index (χ1v) is 9.26. The maximum Gasteiger partial charge on any atom is 0.316 e. The fraction of sp³-hybridized carbons (Fsp3) is 0.471. The van der Waals surface area contributed by atoms with Crippen molar-refractivity contribution >= 4 is 23.6 Å². The number of aryl methyl sites for hydroxylation is 2. The van der Waals surface area contributed by atoms with E-state index >= 15 is 0 Å². The number of carbonyl (C=O) groups is 2. The van der Waals surface area contributed by atoms with Gasteiger partial charge in [0.05, 0.1) is 11.4 Å². The first-order chi connectivity index (χ1) is 12.4. The number of esters is 1. The number of carbonyl (C=O) groups excluding carboxylic acids is 2. The summed E-state index contributed by atoms with van der Waals surface area (Å²) in [5, 5.41) is 14.8. The minimum atomic E-state index is -0.495. The van der Waals surface area contributed by atoms with E-state index in [1.807, 2.05) is 45.9 Å². The number of benzene rings is 1. The molecule has 1 aromatic heterocycles. The van der Waals surface area contributed by atoms with Crippen LogP contribution >= 0.6 is 11.8 Å². The Balaban J connectivity index is 1.89. The van der Waals surface area contributed by atoms with Crippen molar-refractivity contribution in [3.63, 3.8) is 0 Å². The third kappa shape index (κ3) is 5.83. The number of hydrogen-bond acceptors (Lipinski definition) is 7. The molecule has 0 aliphatic heterocycles. The van der Waals surface area contributed by atoms with Crippen molar-refractivity contribution in [1.82, 2.24) is 25.5 Å². The Morgan fingerprint density at radius 2 is 2.08 bits per heavy atom. The van der Waals surface area contributed by atoms with Crippen LogP contribution < -0.4 is 5.32 Å². The molecule has 0 spiro atoms. The van der Waals surface area contributed by atoms with Crippen LogP contribution in [-0.4, -0.2) is 51.0 Å². The normalized spacial score (nSPS) is 10.8. The van der Waals surface area contributed by atoms with E-state index in [1.165, 1.54) is 0 Å². The monoisotopic (exact) mass is 377 g/mol. The standard InChI is InChI=1S/C17H23N5O3S/c1-11(2)8-18-15(23)9-25-16(24)10-26-17-19-20-21-22(17)14-7-12(3)5-6-13(14)4/h5-7,11H,8-10H2,1-4H3,(H,18,23). The number of thioether (sulfide) groups is 1. The van der Waals surface area contributed by atoms with E-state index in [0.29, 0.717) is 17.6 Å². The van der Waals surface area contributed by atoms with Crippen LogP contribution in [0, 0.1) is 19.8 Å². The van der Waals surface area contributed by atoms with E-state index in [9.17, 15) is 9.59 Å². The zero-order valence-electron chi connectivity index (χ0n) is 15.4. The average molecular weight is 377 g/mol. The Morgan fingerprint density at radius 3 is 2.81 bits per heavy atom. The van der Waals surface area contributed by atoms with E-state index in [4.69, 9.17) is 4.74 Å². The van der Waals surface area contributed by atoms with Gasteiger partial charge in [-0.1, -0.05) is 37.7 Å². The van der Waals surface area contributed by atoms with Gasteiger partial charge < -0.3 is 10.1 Å². The van der Waals surface area contributed by atoms with Crippen molar-refractivity contribution < 1.29 is 14.3 Å². The summed E-state index contributed by atoms with van der Waals surface area (Å²) in [7, 11) is 0. The van der Waals surface area contributed by atoms with E-state index in [2.05, 4.69) is 20.8 Å². The van der Waals surface area contributed by atoms with E-state index < -0.39 is 5.97 Å². The van der Waals surface area contributed by atoms with Crippen LogP contribution in [0.5, 0.6) is 0 Å². The molecule has 9 heteroatoms. The van der Waals surface area contributed by atoms with Gasteiger partial charge in [0.2, 0.25) is 5.16 Å². The number of amides is 1. The number of nitrogens with zero attached hydrogens (tertiary/aromatic N) is 4. The largest absolute Gasteiger partial charge is 0.455 e. The zero-order valence-corrected chi connectivity index (χ0v) is 16.2. The molecule has 0 unspecified atom stereocenters. The van der Waals surface area contributed by atoms with Crippen LogP contribution in [0.2, 0.25) is 0 Å². The molecule has 0 bridgehead atoms. The second kappa shape index (κ2) is 9.33. The summed E-state index contributed by atoms with van der Waals surface area (Å²) in [6.45, 7) is 8.20. The maximum absolute atomic E-state index is 11.8. The fourth-order valence-electron chi connectivity index (χ4n) is 2.05. The van der Waals surface area contributed by atoms with Crippen molar-refractivity contribution in [3.8, 4) is 5.69 Å². The molecule has 0 aliphatic carbocycles. The molecule has 1 amide bonds. The van der Waals surface area contributed by atoms with Gasteiger partial charge in [0, 0.05) is 6.54 Å². The number of hydrogen-bond donors (Lipinski definition) is 1. The van der Waals surface area contributed by atoms with Crippen molar-refractivity contribution in [2.24, 2.45) is 5.92 Å². The Morgan fingerprint density at radius 1 is 1.31 bits per heavy atom. The lowest BCUT2D eigenvalue weighted by molar-refractivity contribution is -0.145. The van der Waals surface area contributed by atoms with Gasteiger partial charge in [-0.05, 0) is 47.4 Å². The molecule has 1 N–H and O–H groups in total. The summed E-state index contributed by atoms with van der Waals surface area (Å²) >= 11 is 1.16. The predicted octanol–water partition coefficient (Wildman–Crippen LogP) is 1.69. The van der Waals surface area contributed by atoms with Gasteiger partial charge in [-0.15, -0.1) is 5.10 Å². The van der Waals surface area contributed by atoms with E-state index in [0.717, 1.165) is 28.6 Å². The summed E-state index contributed by atoms with van der Waals surface area (Å²) < 4.78 is 6.57. The van der Waals surface area contributed by atoms with Gasteiger partial charge in [-0.2, -0.15) is 4.68 Å². The quantitative estimate of drug-likeness (QED) is 0.552. The van der Waals surface area contributed by atoms with Crippen LogP contribution in [0.1, 0.15) is 25.0 Å². The summed E-state index contributed by atoms with van der Waals surface area (Å²) in [4.78, 5) is 23.4. The van der Waals surface area contributed by atoms with Gasteiger partial charge in [0.15, 0.2) is 6.61 Å². The molecular formula is C17H23N5O3S. The summed E-state index contributed by atoms with van der Waals surface area (Å²) in [6.07, 6.45) is 0. The Kier molecular flexibility index (Phi) is 7.14. The van der Waals surface area contributed by atoms with Gasteiger partial charge in [-0.25, -0.2) is 0 Å². The lowest BCUT2D eigenvalue weighted by Gasteiger charge is -2.09. The molecule has 0 atom stereocenters. The Hall–Kier alpha value is -2.42. The molecule has 140 valence electrons. The second-order valence-corrected chi connectivity index (χ2v) is 7.25. The Labute approximate surface area is 156 Å². The Bertz CT molecular complexity index is 776. The maximum atomic E-state index is 11.8. The van der Waals surface area contributed by atoms with Crippen LogP contribution in [-0.2, 0) is 14.3 Å². The van der Waals surface area contributed by atoms with Crippen LogP contribution in [0.4, 0.5) is 0 Å². The molecule has 8 nitrogen and oxygen atoms in total. The van der Waals surface area contributed by atoms with Crippen molar-refractivity contribution in [3.05, 3.63) is 29.3 Å². The number of nitrogens with one attached hydrogen (secondary N) is 1. The zero-order chi connectivity index (χ0) is 19.1. The third-order valence-corrected chi connectivity index (χ3v) is 4.32. The van der Waals surface area contributed by atoms with Gasteiger partial charge >= 0.3 is 5.97 Å². The fourth-order valence-corrected chi connectivity index (χ4v) is 2.73. The van der Waals surface area contributed by atoms with Crippen LogP contribution in [0.3, 0.4) is 0 Å². The highest BCUT2D eigenvalue weighted by Gasteiger charge is 2.14. The van der Waals surface area contributed by atoms with Crippen LogP contribution in [0.25, 0.3) is 5.69 Å². The minimum absolute atomic E-state index is 0.0166. The van der Waals surface area contributed by atoms with Gasteiger partial charge in [0.25, 0.3) is 5.91 Å². The number of rotatable bonds is 8. The van der Waals surface area contributed by atoms with Gasteiger partial charge in [0.1, 0.15) is 0 Å². The third-order valence-electron chi connectivity index (χ3n) is 3.42. The predicted molar refractivity (Wildman–Crippen MR) is 98.2 cm³/mol. The molecular weight excluding hydrogens is 354 g/mol. The highest BCUT2D eigenvalue weighted by Crippen LogP contribution is 2.21. The molecule has 0 aliphatic rings.